The molecule has 2 aromatic rings. The molecule has 9 heteroatoms. The second-order valence-electron chi connectivity index (χ2n) is 6.28. The van der Waals surface area contributed by atoms with E-state index in [0.717, 1.165) is 5.56 Å². The predicted octanol–water partition coefficient (Wildman–Crippen LogP) is 3.30. The number of phenols is 1. The first kappa shape index (κ1) is 18.9. The molecule has 0 atom stereocenters. The first-order valence-corrected chi connectivity index (χ1v) is 8.80. The third kappa shape index (κ3) is 4.87. The van der Waals surface area contributed by atoms with Gasteiger partial charge in [0.15, 0.2) is 0 Å². The van der Waals surface area contributed by atoms with Crippen LogP contribution in [0.15, 0.2) is 42.5 Å². The van der Waals surface area contributed by atoms with E-state index in [-0.39, 0.29) is 22.5 Å². The molecule has 2 aromatic carbocycles. The Morgan fingerprint density at radius 3 is 2.56 bits per heavy atom. The first-order valence-electron chi connectivity index (χ1n) is 8.42. The highest BCUT2D eigenvalue weighted by molar-refractivity contribution is 6.33. The van der Waals surface area contributed by atoms with E-state index < -0.39 is 4.92 Å². The lowest BCUT2D eigenvalue weighted by molar-refractivity contribution is -0.384. The Balaban J connectivity index is 1.53. The molecular formula is C18H19ClN4O4. The van der Waals surface area contributed by atoms with Crippen molar-refractivity contribution in [1.29, 1.82) is 0 Å². The van der Waals surface area contributed by atoms with E-state index in [2.05, 4.69) is 10.2 Å². The summed E-state index contributed by atoms with van der Waals surface area (Å²) in [4.78, 5) is 26.5. The number of urea groups is 1. The van der Waals surface area contributed by atoms with Crippen molar-refractivity contribution < 1.29 is 14.8 Å². The Morgan fingerprint density at radius 2 is 1.93 bits per heavy atom. The number of anilines is 1. The summed E-state index contributed by atoms with van der Waals surface area (Å²) in [7, 11) is 0. The lowest BCUT2D eigenvalue weighted by atomic mass is 10.2. The van der Waals surface area contributed by atoms with Crippen molar-refractivity contribution in [2.24, 2.45) is 0 Å². The molecule has 0 aliphatic carbocycles. The van der Waals surface area contributed by atoms with Crippen LogP contribution in [0.4, 0.5) is 16.2 Å². The van der Waals surface area contributed by atoms with Gasteiger partial charge in [0.05, 0.1) is 15.6 Å². The monoisotopic (exact) mass is 390 g/mol. The van der Waals surface area contributed by atoms with E-state index in [4.69, 9.17) is 11.6 Å². The Morgan fingerprint density at radius 1 is 1.19 bits per heavy atom. The van der Waals surface area contributed by atoms with Crippen molar-refractivity contribution >= 4 is 29.0 Å². The van der Waals surface area contributed by atoms with Crippen molar-refractivity contribution in [3.05, 3.63) is 63.2 Å². The zero-order valence-electron chi connectivity index (χ0n) is 14.5. The average Bonchev–Trinajstić information content (AvgIpc) is 2.64. The second kappa shape index (κ2) is 8.24. The van der Waals surface area contributed by atoms with Gasteiger partial charge in [-0.3, -0.25) is 15.0 Å². The number of nitro groups is 1. The van der Waals surface area contributed by atoms with Crippen molar-refractivity contribution in [2.75, 3.05) is 31.5 Å². The molecule has 0 bridgehead atoms. The molecule has 0 aromatic heterocycles. The molecule has 142 valence electrons. The number of non-ortho nitro benzene ring substituents is 1. The SMILES string of the molecule is O=C(Nc1ccc([N+](=O)[O-])cc1Cl)N1CCN(Cc2cccc(O)c2)CC1. The predicted molar refractivity (Wildman–Crippen MR) is 102 cm³/mol. The molecular weight excluding hydrogens is 372 g/mol. The third-order valence-corrected chi connectivity index (χ3v) is 4.69. The van der Waals surface area contributed by atoms with Gasteiger partial charge < -0.3 is 15.3 Å². The Bertz CT molecular complexity index is 853. The molecule has 0 spiro atoms. The number of phenolic OH excluding ortho intramolecular Hbond substituents is 1. The number of nitro benzene ring substituents is 1. The Labute approximate surface area is 161 Å². The van der Waals surface area contributed by atoms with E-state index in [9.17, 15) is 20.0 Å². The third-order valence-electron chi connectivity index (χ3n) is 4.38. The normalized spacial score (nSPS) is 14.8. The molecule has 0 radical (unpaired) electrons. The molecule has 1 aliphatic heterocycles. The lowest BCUT2D eigenvalue weighted by Gasteiger charge is -2.34. The number of amides is 2. The number of aromatic hydroxyl groups is 1. The molecule has 3 rings (SSSR count). The van der Waals surface area contributed by atoms with Crippen molar-refractivity contribution in [3.63, 3.8) is 0 Å². The number of halogens is 1. The van der Waals surface area contributed by atoms with Gasteiger partial charge in [-0.1, -0.05) is 23.7 Å². The number of carbonyl (C=O) groups excluding carboxylic acids is 1. The minimum Gasteiger partial charge on any atom is -0.508 e. The Kier molecular flexibility index (Phi) is 5.78. The second-order valence-corrected chi connectivity index (χ2v) is 6.69. The maximum atomic E-state index is 12.4. The summed E-state index contributed by atoms with van der Waals surface area (Å²) in [6.07, 6.45) is 0. The van der Waals surface area contributed by atoms with Gasteiger partial charge in [0, 0.05) is 44.9 Å². The molecule has 0 saturated carbocycles. The molecule has 1 saturated heterocycles. The maximum absolute atomic E-state index is 12.4. The summed E-state index contributed by atoms with van der Waals surface area (Å²) in [6.45, 7) is 3.22. The fourth-order valence-electron chi connectivity index (χ4n) is 2.94. The van der Waals surface area contributed by atoms with Gasteiger partial charge in [0.1, 0.15) is 5.75 Å². The van der Waals surface area contributed by atoms with Crippen molar-refractivity contribution in [2.45, 2.75) is 6.54 Å². The molecule has 1 aliphatic rings. The highest BCUT2D eigenvalue weighted by Gasteiger charge is 2.22. The molecule has 1 heterocycles. The average molecular weight is 391 g/mol. The van der Waals surface area contributed by atoms with Crippen LogP contribution in [0.2, 0.25) is 5.02 Å². The van der Waals surface area contributed by atoms with Gasteiger partial charge >= 0.3 is 6.03 Å². The number of carbonyl (C=O) groups is 1. The number of rotatable bonds is 4. The van der Waals surface area contributed by atoms with E-state index in [1.54, 1.807) is 17.0 Å². The number of nitrogens with one attached hydrogen (secondary N) is 1. The molecule has 27 heavy (non-hydrogen) atoms. The van der Waals surface area contributed by atoms with Crippen LogP contribution in [0, 0.1) is 10.1 Å². The molecule has 2 amide bonds. The summed E-state index contributed by atoms with van der Waals surface area (Å²) in [6, 6.07) is 10.8. The van der Waals surface area contributed by atoms with E-state index in [1.165, 1.54) is 18.2 Å². The minimum absolute atomic E-state index is 0.125. The van der Waals surface area contributed by atoms with Crippen LogP contribution in [0.3, 0.4) is 0 Å². The van der Waals surface area contributed by atoms with Crippen LogP contribution in [0.1, 0.15) is 5.56 Å². The molecule has 2 N–H and O–H groups in total. The van der Waals surface area contributed by atoms with Gasteiger partial charge in [-0.05, 0) is 23.8 Å². The van der Waals surface area contributed by atoms with Gasteiger partial charge in [0.2, 0.25) is 0 Å². The molecule has 1 fully saturated rings. The van der Waals surface area contributed by atoms with Crippen LogP contribution in [-0.4, -0.2) is 52.0 Å². The summed E-state index contributed by atoms with van der Waals surface area (Å²) < 4.78 is 0. The molecule has 0 unspecified atom stereocenters. The van der Waals surface area contributed by atoms with Gasteiger partial charge in [-0.15, -0.1) is 0 Å². The maximum Gasteiger partial charge on any atom is 0.321 e. The zero-order chi connectivity index (χ0) is 19.4. The first-order chi connectivity index (χ1) is 12.9. The Hall–Kier alpha value is -2.84. The van der Waals surface area contributed by atoms with E-state index in [1.807, 2.05) is 12.1 Å². The van der Waals surface area contributed by atoms with Gasteiger partial charge in [-0.2, -0.15) is 0 Å². The van der Waals surface area contributed by atoms with Crippen LogP contribution in [0.25, 0.3) is 0 Å². The summed E-state index contributed by atoms with van der Waals surface area (Å²) in [5, 5.41) is 23.1. The smallest absolute Gasteiger partial charge is 0.321 e. The number of nitrogens with zero attached hydrogens (tertiary/aromatic N) is 3. The van der Waals surface area contributed by atoms with E-state index >= 15 is 0 Å². The zero-order valence-corrected chi connectivity index (χ0v) is 15.2. The van der Waals surface area contributed by atoms with Crippen LogP contribution in [0.5, 0.6) is 5.75 Å². The van der Waals surface area contributed by atoms with E-state index in [0.29, 0.717) is 38.4 Å². The summed E-state index contributed by atoms with van der Waals surface area (Å²) >= 11 is 6.02. The van der Waals surface area contributed by atoms with Crippen LogP contribution >= 0.6 is 11.6 Å². The fraction of sp³-hybridized carbons (Fsp3) is 0.278. The van der Waals surface area contributed by atoms with Crippen molar-refractivity contribution in [1.82, 2.24) is 9.80 Å². The topological polar surface area (TPSA) is 98.9 Å². The standard InChI is InChI=1S/C18H19ClN4O4/c19-16-11-14(23(26)27)4-5-17(16)20-18(25)22-8-6-21(7-9-22)12-13-2-1-3-15(24)10-13/h1-5,10-11,24H,6-9,12H2,(H,20,25). The highest BCUT2D eigenvalue weighted by Crippen LogP contribution is 2.27. The largest absolute Gasteiger partial charge is 0.508 e. The summed E-state index contributed by atoms with van der Waals surface area (Å²) in [5.74, 6) is 0.241. The number of piperazine rings is 1. The molecule has 8 nitrogen and oxygen atoms in total. The number of hydrogen-bond acceptors (Lipinski definition) is 5. The minimum atomic E-state index is -0.539. The summed E-state index contributed by atoms with van der Waals surface area (Å²) in [5.41, 5.74) is 1.23. The van der Waals surface area contributed by atoms with Crippen LogP contribution in [-0.2, 0) is 6.54 Å². The fourth-order valence-corrected chi connectivity index (χ4v) is 3.16. The van der Waals surface area contributed by atoms with Gasteiger partial charge in [-0.25, -0.2) is 4.79 Å². The number of hydrogen-bond donors (Lipinski definition) is 2. The van der Waals surface area contributed by atoms with Gasteiger partial charge in [0.25, 0.3) is 5.69 Å². The number of benzene rings is 2. The lowest BCUT2D eigenvalue weighted by Crippen LogP contribution is -2.49. The highest BCUT2D eigenvalue weighted by atomic mass is 35.5. The quantitative estimate of drug-likeness (QED) is 0.616. The van der Waals surface area contributed by atoms with Crippen LogP contribution < -0.4 is 5.32 Å². The van der Waals surface area contributed by atoms with Crippen molar-refractivity contribution in [3.8, 4) is 5.75 Å².